The van der Waals surface area contributed by atoms with Crippen LogP contribution in [0.3, 0.4) is 0 Å². The van der Waals surface area contributed by atoms with Crippen molar-refractivity contribution in [2.45, 2.75) is 84.3 Å². The van der Waals surface area contributed by atoms with Gasteiger partial charge in [0, 0.05) is 10.5 Å². The molecule has 180 valence electrons. The number of nitrogens with one attached hydrogen (secondary N) is 1. The summed E-state index contributed by atoms with van der Waals surface area (Å²) in [6.45, 7) is 11.4. The van der Waals surface area contributed by atoms with Crippen molar-refractivity contribution in [2.24, 2.45) is 11.8 Å². The fraction of sp³-hybridized carbons (Fsp3) is 0.760. The highest BCUT2D eigenvalue weighted by molar-refractivity contribution is 9.10. The van der Waals surface area contributed by atoms with Gasteiger partial charge >= 0.3 is 0 Å². The maximum atomic E-state index is 5.89. The maximum Gasteiger partial charge on any atom is 0.120 e. The highest BCUT2D eigenvalue weighted by atomic mass is 79.9. The van der Waals surface area contributed by atoms with Gasteiger partial charge in [0.2, 0.25) is 0 Å². The predicted molar refractivity (Wildman–Crippen MR) is 141 cm³/mol. The van der Waals surface area contributed by atoms with E-state index in [1.165, 1.54) is 74.6 Å². The zero-order valence-corrected chi connectivity index (χ0v) is 22.8. The molecule has 0 radical (unpaired) electrons. The first kappa shape index (κ1) is 29.0. The van der Waals surface area contributed by atoms with Gasteiger partial charge in [-0.2, -0.15) is 0 Å². The molecule has 0 atom stereocenters. The van der Waals surface area contributed by atoms with Crippen molar-refractivity contribution < 1.29 is 4.74 Å². The van der Waals surface area contributed by atoms with Crippen molar-refractivity contribution in [1.82, 2.24) is 10.2 Å². The Morgan fingerprint density at radius 2 is 1.71 bits per heavy atom. The van der Waals surface area contributed by atoms with Gasteiger partial charge in [-0.05, 0) is 127 Å². The van der Waals surface area contributed by atoms with Crippen LogP contribution in [0.15, 0.2) is 22.7 Å². The SMILES string of the molecule is CCN[C@H]1CC[C@H](CCN2CCC(Cc3cc(OC(C)C)ccc3Br)CC2)CC1.Cl.Cl. The number of hydrogen-bond acceptors (Lipinski definition) is 3. The van der Waals surface area contributed by atoms with E-state index in [2.05, 4.69) is 65.1 Å². The Morgan fingerprint density at radius 3 is 2.32 bits per heavy atom. The standard InChI is InChI=1S/C25H41BrN2O.2ClH/c1-4-27-23-7-5-20(6-8-23)11-14-28-15-12-21(13-16-28)17-22-18-24(29-19(2)3)9-10-25(22)26;;/h9-10,18-21,23,27H,4-8,11-17H2,1-3H3;2*1H/t20-,23-;;. The third-order valence-corrected chi connectivity index (χ3v) is 7.57. The number of ether oxygens (including phenoxy) is 1. The van der Waals surface area contributed by atoms with E-state index in [0.29, 0.717) is 0 Å². The van der Waals surface area contributed by atoms with Crippen molar-refractivity contribution >= 4 is 40.7 Å². The minimum atomic E-state index is 0. The second-order valence-electron chi connectivity index (χ2n) is 9.47. The van der Waals surface area contributed by atoms with Gasteiger partial charge in [-0.25, -0.2) is 0 Å². The number of nitrogens with zero attached hydrogens (tertiary/aromatic N) is 1. The lowest BCUT2D eigenvalue weighted by atomic mass is 9.83. The Bertz CT molecular complexity index is 616. The number of piperidine rings is 1. The fourth-order valence-corrected chi connectivity index (χ4v) is 5.50. The Hall–Kier alpha value is -0.000000000000000111. The van der Waals surface area contributed by atoms with E-state index in [-0.39, 0.29) is 30.9 Å². The first-order valence-corrected chi connectivity index (χ1v) is 12.7. The van der Waals surface area contributed by atoms with Crippen molar-refractivity contribution in [3.8, 4) is 5.75 Å². The van der Waals surface area contributed by atoms with Crippen LogP contribution in [-0.4, -0.2) is 43.2 Å². The highest BCUT2D eigenvalue weighted by Gasteiger charge is 2.23. The summed E-state index contributed by atoms with van der Waals surface area (Å²) in [5.74, 6) is 2.76. The van der Waals surface area contributed by atoms with Crippen LogP contribution < -0.4 is 10.1 Å². The molecule has 2 aliphatic rings. The summed E-state index contributed by atoms with van der Waals surface area (Å²) in [6.07, 6.45) is 11.1. The molecule has 1 aliphatic carbocycles. The molecule has 1 N–H and O–H groups in total. The molecule has 3 rings (SSSR count). The van der Waals surface area contributed by atoms with Gasteiger partial charge < -0.3 is 15.0 Å². The molecule has 1 heterocycles. The monoisotopic (exact) mass is 536 g/mol. The Morgan fingerprint density at radius 1 is 1.03 bits per heavy atom. The molecule has 0 spiro atoms. The van der Waals surface area contributed by atoms with Crippen LogP contribution >= 0.6 is 40.7 Å². The van der Waals surface area contributed by atoms with Crippen LogP contribution in [0.1, 0.15) is 71.3 Å². The molecule has 1 aliphatic heterocycles. The molecule has 1 aromatic carbocycles. The molecule has 0 aromatic heterocycles. The Labute approximate surface area is 211 Å². The molecule has 3 nitrogen and oxygen atoms in total. The van der Waals surface area contributed by atoms with E-state index in [1.807, 2.05) is 0 Å². The molecule has 1 aromatic rings. The number of halogens is 3. The summed E-state index contributed by atoms with van der Waals surface area (Å²) in [5, 5.41) is 3.63. The normalized spacial score (nSPS) is 22.6. The van der Waals surface area contributed by atoms with Crippen molar-refractivity contribution in [2.75, 3.05) is 26.2 Å². The molecular formula is C25H43BrCl2N2O. The minimum Gasteiger partial charge on any atom is -0.491 e. The topological polar surface area (TPSA) is 24.5 Å². The summed E-state index contributed by atoms with van der Waals surface area (Å²) >= 11 is 3.75. The molecular weight excluding hydrogens is 495 g/mol. The fourth-order valence-electron chi connectivity index (χ4n) is 5.09. The number of benzene rings is 1. The average molecular weight is 538 g/mol. The van der Waals surface area contributed by atoms with Gasteiger partial charge in [-0.15, -0.1) is 24.8 Å². The van der Waals surface area contributed by atoms with E-state index in [0.717, 1.165) is 36.6 Å². The maximum absolute atomic E-state index is 5.89. The van der Waals surface area contributed by atoms with Crippen LogP contribution in [0.25, 0.3) is 0 Å². The lowest BCUT2D eigenvalue weighted by Crippen LogP contribution is -2.37. The van der Waals surface area contributed by atoms with Gasteiger partial charge in [0.05, 0.1) is 6.10 Å². The number of rotatable bonds is 9. The minimum absolute atomic E-state index is 0. The zero-order valence-electron chi connectivity index (χ0n) is 19.6. The number of hydrogen-bond donors (Lipinski definition) is 1. The molecule has 31 heavy (non-hydrogen) atoms. The highest BCUT2D eigenvalue weighted by Crippen LogP contribution is 2.30. The largest absolute Gasteiger partial charge is 0.491 e. The average Bonchev–Trinajstić information content (AvgIpc) is 2.71. The molecule has 6 heteroatoms. The lowest BCUT2D eigenvalue weighted by molar-refractivity contribution is 0.163. The Kier molecular flexibility index (Phi) is 14.1. The van der Waals surface area contributed by atoms with Crippen LogP contribution in [0, 0.1) is 11.8 Å². The van der Waals surface area contributed by atoms with Crippen molar-refractivity contribution in [1.29, 1.82) is 0 Å². The predicted octanol–water partition coefficient (Wildman–Crippen LogP) is 6.89. The van der Waals surface area contributed by atoms with Gasteiger partial charge in [-0.1, -0.05) is 22.9 Å². The number of likely N-dealkylation sites (tertiary alicyclic amines) is 1. The summed E-state index contributed by atoms with van der Waals surface area (Å²) in [7, 11) is 0. The summed E-state index contributed by atoms with van der Waals surface area (Å²) in [6, 6.07) is 7.24. The second kappa shape index (κ2) is 15.0. The van der Waals surface area contributed by atoms with E-state index in [4.69, 9.17) is 4.74 Å². The molecule has 1 saturated heterocycles. The first-order valence-electron chi connectivity index (χ1n) is 11.9. The molecule has 0 unspecified atom stereocenters. The third-order valence-electron chi connectivity index (χ3n) is 6.80. The van der Waals surface area contributed by atoms with Crippen molar-refractivity contribution in [3.63, 3.8) is 0 Å². The van der Waals surface area contributed by atoms with Gasteiger partial charge in [0.1, 0.15) is 5.75 Å². The third kappa shape index (κ3) is 9.80. The van der Waals surface area contributed by atoms with Crippen LogP contribution in [0.5, 0.6) is 5.75 Å². The summed E-state index contributed by atoms with van der Waals surface area (Å²) < 4.78 is 7.12. The van der Waals surface area contributed by atoms with Crippen LogP contribution in [0.2, 0.25) is 0 Å². The summed E-state index contributed by atoms with van der Waals surface area (Å²) in [4.78, 5) is 2.72. The molecule has 2 fully saturated rings. The van der Waals surface area contributed by atoms with Crippen LogP contribution in [-0.2, 0) is 6.42 Å². The van der Waals surface area contributed by atoms with E-state index >= 15 is 0 Å². The molecule has 1 saturated carbocycles. The van der Waals surface area contributed by atoms with E-state index in [1.54, 1.807) is 0 Å². The summed E-state index contributed by atoms with van der Waals surface area (Å²) in [5.41, 5.74) is 1.40. The van der Waals surface area contributed by atoms with E-state index in [9.17, 15) is 0 Å². The molecule has 0 amide bonds. The van der Waals surface area contributed by atoms with Gasteiger partial charge in [-0.3, -0.25) is 0 Å². The second-order valence-corrected chi connectivity index (χ2v) is 10.3. The quantitative estimate of drug-likeness (QED) is 0.371. The molecule has 0 bridgehead atoms. The van der Waals surface area contributed by atoms with E-state index < -0.39 is 0 Å². The zero-order chi connectivity index (χ0) is 20.6. The van der Waals surface area contributed by atoms with Gasteiger partial charge in [0.25, 0.3) is 0 Å². The smallest absolute Gasteiger partial charge is 0.120 e. The van der Waals surface area contributed by atoms with Gasteiger partial charge in [0.15, 0.2) is 0 Å². The lowest BCUT2D eigenvalue weighted by Gasteiger charge is -2.34. The Balaban J connectivity index is 0.00000240. The van der Waals surface area contributed by atoms with Crippen molar-refractivity contribution in [3.05, 3.63) is 28.2 Å². The van der Waals surface area contributed by atoms with Crippen LogP contribution in [0.4, 0.5) is 0 Å². The first-order chi connectivity index (χ1) is 14.0.